The van der Waals surface area contributed by atoms with Crippen LogP contribution in [0.15, 0.2) is 24.3 Å². The summed E-state index contributed by atoms with van der Waals surface area (Å²) in [5.74, 6) is -0.833. The largest absolute Gasteiger partial charge is 0.477 e. The number of carboxylic acids is 1. The Kier molecular flexibility index (Phi) is 5.01. The standard InChI is InChI=1S/C19H26N2O2/c1-2-21-17-12-8-7-11-15(17)16(18(21)19(22)23)13-20-14-9-5-3-4-6-10-14/h7-8,11-12,14,20H,2-6,9-10,13H2,1H3,(H,22,23). The molecule has 0 amide bonds. The molecule has 0 unspecified atom stereocenters. The van der Waals surface area contributed by atoms with E-state index in [1.165, 1.54) is 38.5 Å². The molecule has 4 heteroatoms. The van der Waals surface area contributed by atoms with Crippen LogP contribution in [0.3, 0.4) is 0 Å². The number of carboxylic acid groups (broad SMARTS) is 1. The number of carbonyl (C=O) groups is 1. The van der Waals surface area contributed by atoms with E-state index >= 15 is 0 Å². The maximum Gasteiger partial charge on any atom is 0.352 e. The fourth-order valence-corrected chi connectivity index (χ4v) is 3.86. The molecule has 0 spiro atoms. The third-order valence-corrected chi connectivity index (χ3v) is 5.02. The number of nitrogens with one attached hydrogen (secondary N) is 1. The van der Waals surface area contributed by atoms with Crippen LogP contribution in [0.5, 0.6) is 0 Å². The van der Waals surface area contributed by atoms with E-state index in [1.54, 1.807) is 0 Å². The first kappa shape index (κ1) is 16.1. The first-order chi connectivity index (χ1) is 11.2. The number of hydrogen-bond donors (Lipinski definition) is 2. The molecule has 0 atom stereocenters. The molecule has 1 aliphatic rings. The summed E-state index contributed by atoms with van der Waals surface area (Å²) in [6.07, 6.45) is 7.62. The predicted octanol–water partition coefficient (Wildman–Crippen LogP) is 4.17. The highest BCUT2D eigenvalue weighted by molar-refractivity contribution is 5.98. The molecule has 2 N–H and O–H groups in total. The van der Waals surface area contributed by atoms with Crippen molar-refractivity contribution < 1.29 is 9.90 Å². The number of fused-ring (bicyclic) bond motifs is 1. The molecule has 23 heavy (non-hydrogen) atoms. The molecule has 0 saturated heterocycles. The van der Waals surface area contributed by atoms with Gasteiger partial charge in [0.2, 0.25) is 0 Å². The molecule has 1 aromatic heterocycles. The van der Waals surface area contributed by atoms with Crippen LogP contribution in [0.1, 0.15) is 61.5 Å². The molecule has 3 rings (SSSR count). The number of nitrogens with zero attached hydrogens (tertiary/aromatic N) is 1. The van der Waals surface area contributed by atoms with Crippen molar-refractivity contribution in [3.63, 3.8) is 0 Å². The van der Waals surface area contributed by atoms with Gasteiger partial charge >= 0.3 is 5.97 Å². The molecule has 1 saturated carbocycles. The summed E-state index contributed by atoms with van der Waals surface area (Å²) < 4.78 is 1.92. The smallest absolute Gasteiger partial charge is 0.352 e. The second kappa shape index (κ2) is 7.18. The Balaban J connectivity index is 1.92. The van der Waals surface area contributed by atoms with E-state index in [2.05, 4.69) is 5.32 Å². The molecule has 2 aromatic rings. The minimum atomic E-state index is -0.833. The molecule has 0 bridgehead atoms. The van der Waals surface area contributed by atoms with Gasteiger partial charge in [-0.25, -0.2) is 4.79 Å². The fraction of sp³-hybridized carbons (Fsp3) is 0.526. The first-order valence-corrected chi connectivity index (χ1v) is 8.79. The summed E-state index contributed by atoms with van der Waals surface area (Å²) in [6, 6.07) is 8.53. The zero-order chi connectivity index (χ0) is 16.2. The Labute approximate surface area is 137 Å². The Morgan fingerprint density at radius 1 is 1.22 bits per heavy atom. The number of para-hydroxylation sites is 1. The number of rotatable bonds is 5. The minimum Gasteiger partial charge on any atom is -0.477 e. The number of benzene rings is 1. The number of aryl methyl sites for hydroxylation is 1. The molecule has 1 fully saturated rings. The van der Waals surface area contributed by atoms with Crippen LogP contribution in [0, 0.1) is 0 Å². The summed E-state index contributed by atoms with van der Waals surface area (Å²) in [5.41, 5.74) is 2.39. The monoisotopic (exact) mass is 314 g/mol. The number of hydrogen-bond acceptors (Lipinski definition) is 2. The molecule has 1 aliphatic carbocycles. The van der Waals surface area contributed by atoms with Crippen molar-refractivity contribution >= 4 is 16.9 Å². The van der Waals surface area contributed by atoms with Crippen molar-refractivity contribution in [1.29, 1.82) is 0 Å². The topological polar surface area (TPSA) is 54.3 Å². The van der Waals surface area contributed by atoms with Gasteiger partial charge in [-0.05, 0) is 25.8 Å². The van der Waals surface area contributed by atoms with Crippen LogP contribution < -0.4 is 5.32 Å². The quantitative estimate of drug-likeness (QED) is 0.814. The van der Waals surface area contributed by atoms with Crippen molar-refractivity contribution in [1.82, 2.24) is 9.88 Å². The number of aromatic carboxylic acids is 1. The summed E-state index contributed by atoms with van der Waals surface area (Å²) in [5, 5.41) is 14.4. The summed E-state index contributed by atoms with van der Waals surface area (Å²) >= 11 is 0. The first-order valence-electron chi connectivity index (χ1n) is 8.79. The van der Waals surface area contributed by atoms with Crippen molar-refractivity contribution in [2.24, 2.45) is 0 Å². The lowest BCUT2D eigenvalue weighted by Crippen LogP contribution is -2.28. The zero-order valence-corrected chi connectivity index (χ0v) is 13.8. The molecular weight excluding hydrogens is 288 g/mol. The van der Waals surface area contributed by atoms with E-state index in [1.807, 2.05) is 35.8 Å². The van der Waals surface area contributed by atoms with E-state index in [9.17, 15) is 9.90 Å². The van der Waals surface area contributed by atoms with Gasteiger partial charge in [0.15, 0.2) is 0 Å². The SMILES string of the molecule is CCn1c(C(=O)O)c(CNC2CCCCCC2)c2ccccc21. The molecule has 0 radical (unpaired) electrons. The van der Waals surface area contributed by atoms with Crippen molar-refractivity contribution in [2.75, 3.05) is 0 Å². The highest BCUT2D eigenvalue weighted by Gasteiger charge is 2.22. The predicted molar refractivity (Wildman–Crippen MR) is 92.9 cm³/mol. The van der Waals surface area contributed by atoms with Crippen molar-refractivity contribution in [3.8, 4) is 0 Å². The van der Waals surface area contributed by atoms with Gasteiger partial charge in [0, 0.05) is 35.6 Å². The van der Waals surface area contributed by atoms with Gasteiger partial charge in [-0.3, -0.25) is 0 Å². The summed E-state index contributed by atoms with van der Waals surface area (Å²) in [4.78, 5) is 11.8. The average Bonchev–Trinajstić information content (AvgIpc) is 2.70. The molecule has 1 aromatic carbocycles. The molecule has 0 aliphatic heterocycles. The van der Waals surface area contributed by atoms with Crippen molar-refractivity contribution in [3.05, 3.63) is 35.5 Å². The van der Waals surface area contributed by atoms with Gasteiger partial charge in [0.25, 0.3) is 0 Å². The number of aromatic nitrogens is 1. The van der Waals surface area contributed by atoms with Crippen LogP contribution >= 0.6 is 0 Å². The van der Waals surface area contributed by atoms with E-state index in [4.69, 9.17) is 0 Å². The van der Waals surface area contributed by atoms with E-state index in [-0.39, 0.29) is 0 Å². The van der Waals surface area contributed by atoms with Crippen molar-refractivity contribution in [2.45, 2.75) is 64.6 Å². The van der Waals surface area contributed by atoms with Gasteiger partial charge in [-0.2, -0.15) is 0 Å². The summed E-state index contributed by atoms with van der Waals surface area (Å²) in [6.45, 7) is 3.31. The highest BCUT2D eigenvalue weighted by atomic mass is 16.4. The maximum absolute atomic E-state index is 11.8. The van der Waals surface area contributed by atoms with E-state index in [0.717, 1.165) is 16.5 Å². The van der Waals surface area contributed by atoms with Gasteiger partial charge in [-0.1, -0.05) is 43.9 Å². The normalized spacial score (nSPS) is 16.6. The van der Waals surface area contributed by atoms with Crippen LogP contribution in [0.25, 0.3) is 10.9 Å². The lowest BCUT2D eigenvalue weighted by atomic mass is 10.1. The molecular formula is C19H26N2O2. The van der Waals surface area contributed by atoms with Crippen LogP contribution in [-0.4, -0.2) is 21.7 Å². The molecule has 1 heterocycles. The van der Waals surface area contributed by atoms with Crippen LogP contribution in [0.2, 0.25) is 0 Å². The molecule has 124 valence electrons. The van der Waals surface area contributed by atoms with Crippen LogP contribution in [0.4, 0.5) is 0 Å². The van der Waals surface area contributed by atoms with Crippen LogP contribution in [-0.2, 0) is 13.1 Å². The lowest BCUT2D eigenvalue weighted by molar-refractivity contribution is 0.0684. The minimum absolute atomic E-state index is 0.440. The Hall–Kier alpha value is -1.81. The van der Waals surface area contributed by atoms with Gasteiger partial charge in [-0.15, -0.1) is 0 Å². The third-order valence-electron chi connectivity index (χ3n) is 5.02. The highest BCUT2D eigenvalue weighted by Crippen LogP contribution is 2.27. The van der Waals surface area contributed by atoms with E-state index < -0.39 is 5.97 Å². The summed E-state index contributed by atoms with van der Waals surface area (Å²) in [7, 11) is 0. The Morgan fingerprint density at radius 3 is 2.57 bits per heavy atom. The molecule has 4 nitrogen and oxygen atoms in total. The van der Waals surface area contributed by atoms with Gasteiger partial charge in [0.05, 0.1) is 0 Å². The second-order valence-corrected chi connectivity index (χ2v) is 6.46. The van der Waals surface area contributed by atoms with Gasteiger partial charge < -0.3 is 15.0 Å². The zero-order valence-electron chi connectivity index (χ0n) is 13.8. The second-order valence-electron chi connectivity index (χ2n) is 6.46. The van der Waals surface area contributed by atoms with Gasteiger partial charge in [0.1, 0.15) is 5.69 Å². The fourth-order valence-electron chi connectivity index (χ4n) is 3.86. The maximum atomic E-state index is 11.8. The lowest BCUT2D eigenvalue weighted by Gasteiger charge is -2.16. The third kappa shape index (κ3) is 3.27. The Bertz CT molecular complexity index is 682. The Morgan fingerprint density at radius 2 is 1.91 bits per heavy atom. The average molecular weight is 314 g/mol. The van der Waals surface area contributed by atoms with E-state index in [0.29, 0.717) is 24.8 Å².